The molecule has 110 valence electrons. The number of amides is 1. The highest BCUT2D eigenvalue weighted by Gasteiger charge is 2.16. The Balaban J connectivity index is 2.26. The number of nitrogens with one attached hydrogen (secondary N) is 2. The van der Waals surface area contributed by atoms with Gasteiger partial charge in [-0.25, -0.2) is 4.79 Å². The van der Waals surface area contributed by atoms with Gasteiger partial charge >= 0.3 is 5.97 Å². The van der Waals surface area contributed by atoms with Gasteiger partial charge in [0.25, 0.3) is 5.91 Å². The van der Waals surface area contributed by atoms with Crippen molar-refractivity contribution in [3.63, 3.8) is 0 Å². The van der Waals surface area contributed by atoms with Crippen molar-refractivity contribution >= 4 is 23.3 Å². The number of hydrogen-bond acceptors (Lipinski definition) is 3. The van der Waals surface area contributed by atoms with Crippen LogP contribution in [-0.2, 0) is 0 Å². The van der Waals surface area contributed by atoms with Crippen LogP contribution in [0.25, 0.3) is 0 Å². The number of H-pyrrole nitrogens is 1. The number of aromatic amines is 1. The van der Waals surface area contributed by atoms with Crippen molar-refractivity contribution < 1.29 is 14.7 Å². The summed E-state index contributed by atoms with van der Waals surface area (Å²) in [6.07, 6.45) is 0. The fraction of sp³-hybridized carbons (Fsp3) is 0.200. The molecular formula is C15H17N3O3. The molecular weight excluding hydrogens is 270 g/mol. The maximum atomic E-state index is 12.2. The minimum atomic E-state index is -1.11. The molecule has 0 fully saturated rings. The minimum absolute atomic E-state index is 0.0235. The van der Waals surface area contributed by atoms with Crippen molar-refractivity contribution in [3.8, 4) is 0 Å². The molecule has 2 rings (SSSR count). The SMILES string of the molecule is Cc1cc(NC(=O)c2cccc(N(C)C)c2)c(C(=O)O)[nH]1. The Morgan fingerprint density at radius 2 is 1.95 bits per heavy atom. The van der Waals surface area contributed by atoms with Crippen molar-refractivity contribution in [3.05, 3.63) is 47.3 Å². The standard InChI is InChI=1S/C15H17N3O3/c1-9-7-12(13(16-9)15(20)21)17-14(19)10-5-4-6-11(8-10)18(2)3/h4-8,16H,1-3H3,(H,17,19)(H,20,21). The highest BCUT2D eigenvalue weighted by Crippen LogP contribution is 2.19. The normalized spacial score (nSPS) is 10.2. The molecule has 0 spiro atoms. The Hall–Kier alpha value is -2.76. The molecule has 21 heavy (non-hydrogen) atoms. The zero-order valence-electron chi connectivity index (χ0n) is 12.1. The molecule has 0 bridgehead atoms. The van der Waals surface area contributed by atoms with Gasteiger partial charge in [-0.3, -0.25) is 4.79 Å². The molecule has 6 nitrogen and oxygen atoms in total. The van der Waals surface area contributed by atoms with E-state index in [9.17, 15) is 9.59 Å². The molecule has 0 saturated carbocycles. The fourth-order valence-electron chi connectivity index (χ4n) is 1.98. The number of nitrogens with zero attached hydrogens (tertiary/aromatic N) is 1. The first-order chi connectivity index (χ1) is 9.88. The molecule has 0 unspecified atom stereocenters. The molecule has 0 aliphatic carbocycles. The highest BCUT2D eigenvalue weighted by atomic mass is 16.4. The molecule has 6 heteroatoms. The second kappa shape index (κ2) is 5.70. The lowest BCUT2D eigenvalue weighted by Crippen LogP contribution is -2.15. The second-order valence-corrected chi connectivity index (χ2v) is 4.95. The number of carbonyl (C=O) groups excluding carboxylic acids is 1. The van der Waals surface area contributed by atoms with E-state index in [2.05, 4.69) is 10.3 Å². The van der Waals surface area contributed by atoms with Crippen LogP contribution in [0.15, 0.2) is 30.3 Å². The van der Waals surface area contributed by atoms with Gasteiger partial charge in [0.05, 0.1) is 5.69 Å². The number of hydrogen-bond donors (Lipinski definition) is 3. The van der Waals surface area contributed by atoms with E-state index in [-0.39, 0.29) is 17.3 Å². The van der Waals surface area contributed by atoms with E-state index in [1.807, 2.05) is 25.1 Å². The third-order valence-electron chi connectivity index (χ3n) is 3.04. The molecule has 1 aromatic carbocycles. The second-order valence-electron chi connectivity index (χ2n) is 4.95. The first-order valence-corrected chi connectivity index (χ1v) is 6.40. The molecule has 2 aromatic rings. The first kappa shape index (κ1) is 14.6. The molecule has 1 heterocycles. The Labute approximate surface area is 122 Å². The molecule has 3 N–H and O–H groups in total. The van der Waals surface area contributed by atoms with Crippen LogP contribution in [0.4, 0.5) is 11.4 Å². The summed E-state index contributed by atoms with van der Waals surface area (Å²) in [5, 5.41) is 11.7. The summed E-state index contributed by atoms with van der Waals surface area (Å²) >= 11 is 0. The van der Waals surface area contributed by atoms with E-state index in [4.69, 9.17) is 5.11 Å². The van der Waals surface area contributed by atoms with Gasteiger partial charge in [0.1, 0.15) is 5.69 Å². The number of aromatic carboxylic acids is 1. The molecule has 0 aliphatic rings. The average Bonchev–Trinajstić information content (AvgIpc) is 2.80. The summed E-state index contributed by atoms with van der Waals surface area (Å²) in [5.41, 5.74) is 2.28. The minimum Gasteiger partial charge on any atom is -0.477 e. The lowest BCUT2D eigenvalue weighted by Gasteiger charge is -2.13. The lowest BCUT2D eigenvalue weighted by molar-refractivity contribution is 0.0692. The van der Waals surface area contributed by atoms with Crippen molar-refractivity contribution in [2.45, 2.75) is 6.92 Å². The Bertz CT molecular complexity index is 689. The Morgan fingerprint density at radius 3 is 2.57 bits per heavy atom. The van der Waals surface area contributed by atoms with Crippen molar-refractivity contribution in [1.82, 2.24) is 4.98 Å². The van der Waals surface area contributed by atoms with Gasteiger partial charge in [-0.15, -0.1) is 0 Å². The van der Waals surface area contributed by atoms with Gasteiger partial charge in [-0.1, -0.05) is 6.07 Å². The van der Waals surface area contributed by atoms with Gasteiger partial charge in [-0.05, 0) is 31.2 Å². The van der Waals surface area contributed by atoms with Crippen molar-refractivity contribution in [2.24, 2.45) is 0 Å². The number of carboxylic acid groups (broad SMARTS) is 1. The molecule has 1 aromatic heterocycles. The quantitative estimate of drug-likeness (QED) is 0.805. The van der Waals surface area contributed by atoms with Gasteiger partial charge in [0, 0.05) is 31.0 Å². The third kappa shape index (κ3) is 3.22. The zero-order chi connectivity index (χ0) is 15.6. The van der Waals surface area contributed by atoms with E-state index in [1.54, 1.807) is 31.2 Å². The van der Waals surface area contributed by atoms with Crippen LogP contribution in [-0.4, -0.2) is 36.1 Å². The zero-order valence-corrected chi connectivity index (χ0v) is 12.1. The van der Waals surface area contributed by atoms with Crippen LogP contribution < -0.4 is 10.2 Å². The molecule has 0 radical (unpaired) electrons. The van der Waals surface area contributed by atoms with E-state index < -0.39 is 5.97 Å². The summed E-state index contributed by atoms with van der Waals surface area (Å²) < 4.78 is 0. The summed E-state index contributed by atoms with van der Waals surface area (Å²) in [5.74, 6) is -1.46. The average molecular weight is 287 g/mol. The number of carboxylic acids is 1. The Morgan fingerprint density at radius 1 is 1.24 bits per heavy atom. The number of aromatic nitrogens is 1. The van der Waals surface area contributed by atoms with E-state index >= 15 is 0 Å². The summed E-state index contributed by atoms with van der Waals surface area (Å²) in [4.78, 5) is 27.9. The summed E-state index contributed by atoms with van der Waals surface area (Å²) in [7, 11) is 3.77. The predicted octanol–water partition coefficient (Wildman–Crippen LogP) is 2.34. The number of benzene rings is 1. The molecule has 0 atom stereocenters. The summed E-state index contributed by atoms with van der Waals surface area (Å²) in [6.45, 7) is 1.73. The maximum Gasteiger partial charge on any atom is 0.354 e. The van der Waals surface area contributed by atoms with E-state index in [1.165, 1.54) is 0 Å². The highest BCUT2D eigenvalue weighted by molar-refractivity contribution is 6.07. The van der Waals surface area contributed by atoms with Gasteiger partial charge in [0.15, 0.2) is 0 Å². The van der Waals surface area contributed by atoms with E-state index in [0.717, 1.165) is 5.69 Å². The Kier molecular flexibility index (Phi) is 3.98. The number of aryl methyl sites for hydroxylation is 1. The topological polar surface area (TPSA) is 85.4 Å². The lowest BCUT2D eigenvalue weighted by atomic mass is 10.1. The van der Waals surface area contributed by atoms with Crippen molar-refractivity contribution in [1.29, 1.82) is 0 Å². The molecule has 0 aliphatic heterocycles. The van der Waals surface area contributed by atoms with Gasteiger partial charge in [-0.2, -0.15) is 0 Å². The number of rotatable bonds is 4. The number of anilines is 2. The van der Waals surface area contributed by atoms with Crippen LogP contribution in [0.5, 0.6) is 0 Å². The predicted molar refractivity (Wildman–Crippen MR) is 81.2 cm³/mol. The summed E-state index contributed by atoms with van der Waals surface area (Å²) in [6, 6.07) is 8.69. The maximum absolute atomic E-state index is 12.2. The van der Waals surface area contributed by atoms with Crippen molar-refractivity contribution in [2.75, 3.05) is 24.3 Å². The van der Waals surface area contributed by atoms with Crippen LogP contribution in [0, 0.1) is 6.92 Å². The van der Waals surface area contributed by atoms with Crippen LogP contribution in [0.2, 0.25) is 0 Å². The van der Waals surface area contributed by atoms with Gasteiger partial charge < -0.3 is 20.3 Å². The fourth-order valence-corrected chi connectivity index (χ4v) is 1.98. The molecule has 0 saturated heterocycles. The van der Waals surface area contributed by atoms with Gasteiger partial charge in [0.2, 0.25) is 0 Å². The smallest absolute Gasteiger partial charge is 0.354 e. The monoisotopic (exact) mass is 287 g/mol. The molecule has 1 amide bonds. The third-order valence-corrected chi connectivity index (χ3v) is 3.04. The van der Waals surface area contributed by atoms with Crippen LogP contribution in [0.3, 0.4) is 0 Å². The first-order valence-electron chi connectivity index (χ1n) is 6.40. The van der Waals surface area contributed by atoms with Crippen LogP contribution in [0.1, 0.15) is 26.5 Å². The van der Waals surface area contributed by atoms with E-state index in [0.29, 0.717) is 11.3 Å². The largest absolute Gasteiger partial charge is 0.477 e. The number of carbonyl (C=O) groups is 2. The van der Waals surface area contributed by atoms with Crippen LogP contribution >= 0.6 is 0 Å².